The Bertz CT molecular complexity index is 378. The van der Waals surface area contributed by atoms with E-state index >= 15 is 0 Å². The normalized spacial score (nSPS) is 12.2. The molecule has 1 aromatic carbocycles. The molecule has 0 aliphatic rings. The van der Waals surface area contributed by atoms with E-state index in [0.29, 0.717) is 0 Å². The van der Waals surface area contributed by atoms with Crippen LogP contribution in [0.4, 0.5) is 8.78 Å². The first kappa shape index (κ1) is 13.5. The van der Waals surface area contributed by atoms with Crippen molar-refractivity contribution in [2.24, 2.45) is 0 Å². The molecule has 0 aliphatic carbocycles. The molecule has 0 aromatic heterocycles. The highest BCUT2D eigenvalue weighted by Crippen LogP contribution is 2.19. The molecule has 1 rings (SSSR count). The lowest BCUT2D eigenvalue weighted by atomic mass is 10.1. The second kappa shape index (κ2) is 6.27. The predicted molar refractivity (Wildman–Crippen MR) is 56.2 cm³/mol. The van der Waals surface area contributed by atoms with Crippen molar-refractivity contribution in [1.29, 1.82) is 0 Å². The number of benzene rings is 1. The number of hydrogen-bond donors (Lipinski definition) is 2. The van der Waals surface area contributed by atoms with Gasteiger partial charge in [-0.3, -0.25) is 4.79 Å². The molecule has 0 amide bonds. The van der Waals surface area contributed by atoms with Crippen LogP contribution in [-0.4, -0.2) is 31.3 Å². The van der Waals surface area contributed by atoms with E-state index in [2.05, 4.69) is 10.1 Å². The van der Waals surface area contributed by atoms with Crippen molar-refractivity contribution in [3.8, 4) is 0 Å². The van der Waals surface area contributed by atoms with Crippen LogP contribution in [-0.2, 0) is 9.53 Å². The molecular formula is C11H13F2NO3. The van der Waals surface area contributed by atoms with Crippen LogP contribution < -0.4 is 5.32 Å². The van der Waals surface area contributed by atoms with Gasteiger partial charge in [0.25, 0.3) is 0 Å². The number of esters is 1. The molecule has 0 saturated carbocycles. The number of methoxy groups -OCH3 is 1. The van der Waals surface area contributed by atoms with Gasteiger partial charge >= 0.3 is 5.97 Å². The van der Waals surface area contributed by atoms with Crippen molar-refractivity contribution in [1.82, 2.24) is 5.32 Å². The molecule has 94 valence electrons. The minimum Gasteiger partial charge on any atom is -0.468 e. The Labute approximate surface area is 97.2 Å². The number of carbonyl (C=O) groups excluding carboxylic acids is 1. The van der Waals surface area contributed by atoms with Crippen LogP contribution in [0, 0.1) is 11.6 Å². The van der Waals surface area contributed by atoms with Gasteiger partial charge in [0.1, 0.15) is 11.6 Å². The van der Waals surface area contributed by atoms with Crippen LogP contribution >= 0.6 is 0 Å². The van der Waals surface area contributed by atoms with Crippen LogP contribution in [0.15, 0.2) is 18.2 Å². The summed E-state index contributed by atoms with van der Waals surface area (Å²) >= 11 is 0. The topological polar surface area (TPSA) is 58.6 Å². The van der Waals surface area contributed by atoms with Gasteiger partial charge in [0.2, 0.25) is 0 Å². The highest BCUT2D eigenvalue weighted by atomic mass is 19.1. The highest BCUT2D eigenvalue weighted by molar-refractivity contribution is 5.71. The van der Waals surface area contributed by atoms with Gasteiger partial charge in [-0.2, -0.15) is 0 Å². The lowest BCUT2D eigenvalue weighted by Crippen LogP contribution is -2.28. The Morgan fingerprint density at radius 3 is 2.59 bits per heavy atom. The number of nitrogens with one attached hydrogen (secondary N) is 1. The monoisotopic (exact) mass is 245 g/mol. The maximum absolute atomic E-state index is 13.2. The first-order valence-electron chi connectivity index (χ1n) is 4.95. The molecule has 4 nitrogen and oxygen atoms in total. The lowest BCUT2D eigenvalue weighted by molar-refractivity contribution is -0.139. The number of aliphatic hydroxyl groups excluding tert-OH is 1. The predicted octanol–water partition coefficient (Wildman–Crippen LogP) is 0.761. The average Bonchev–Trinajstić information content (AvgIpc) is 2.28. The summed E-state index contributed by atoms with van der Waals surface area (Å²) in [7, 11) is 1.22. The zero-order chi connectivity index (χ0) is 12.8. The van der Waals surface area contributed by atoms with E-state index in [4.69, 9.17) is 0 Å². The number of hydrogen-bond acceptors (Lipinski definition) is 4. The van der Waals surface area contributed by atoms with Crippen LogP contribution in [0.2, 0.25) is 0 Å². The van der Waals surface area contributed by atoms with Crippen molar-refractivity contribution in [3.63, 3.8) is 0 Å². The summed E-state index contributed by atoms with van der Waals surface area (Å²) in [5.41, 5.74) is -0.412. The van der Waals surface area contributed by atoms with Crippen LogP contribution in [0.25, 0.3) is 0 Å². The molecule has 1 atom stereocenters. The smallest absolute Gasteiger partial charge is 0.319 e. The third-order valence-corrected chi connectivity index (χ3v) is 2.17. The van der Waals surface area contributed by atoms with Gasteiger partial charge in [-0.25, -0.2) is 8.78 Å². The Kier molecular flexibility index (Phi) is 4.99. The molecule has 0 spiro atoms. The van der Waals surface area contributed by atoms with Crippen LogP contribution in [0.3, 0.4) is 0 Å². The van der Waals surface area contributed by atoms with Gasteiger partial charge in [0, 0.05) is 6.54 Å². The molecule has 0 heterocycles. The van der Waals surface area contributed by atoms with Crippen LogP contribution in [0.5, 0.6) is 0 Å². The quantitative estimate of drug-likeness (QED) is 0.752. The SMILES string of the molecule is COC(=O)CNCC(O)c1c(F)cccc1F. The molecule has 0 bridgehead atoms. The van der Waals surface area contributed by atoms with Gasteiger partial charge in [0.15, 0.2) is 0 Å². The van der Waals surface area contributed by atoms with Gasteiger partial charge < -0.3 is 15.2 Å². The fourth-order valence-corrected chi connectivity index (χ4v) is 1.31. The third kappa shape index (κ3) is 3.76. The molecule has 6 heteroatoms. The lowest BCUT2D eigenvalue weighted by Gasteiger charge is -2.13. The van der Waals surface area contributed by atoms with Crippen molar-refractivity contribution < 1.29 is 23.4 Å². The zero-order valence-electron chi connectivity index (χ0n) is 9.24. The van der Waals surface area contributed by atoms with Gasteiger partial charge in [-0.1, -0.05) is 6.07 Å². The first-order valence-corrected chi connectivity index (χ1v) is 4.95. The van der Waals surface area contributed by atoms with Crippen molar-refractivity contribution in [3.05, 3.63) is 35.4 Å². The largest absolute Gasteiger partial charge is 0.468 e. The van der Waals surface area contributed by atoms with Gasteiger partial charge in [-0.15, -0.1) is 0 Å². The molecule has 0 fully saturated rings. The fourth-order valence-electron chi connectivity index (χ4n) is 1.31. The van der Waals surface area contributed by atoms with Crippen molar-refractivity contribution >= 4 is 5.97 Å². The first-order chi connectivity index (χ1) is 8.06. The number of rotatable bonds is 5. The average molecular weight is 245 g/mol. The standard InChI is InChI=1S/C11H13F2NO3/c1-17-10(16)6-14-5-9(15)11-7(12)3-2-4-8(11)13/h2-4,9,14-15H,5-6H2,1H3. The minimum absolute atomic E-state index is 0.135. The Hall–Kier alpha value is -1.53. The Balaban J connectivity index is 2.58. The number of aliphatic hydroxyl groups is 1. The summed E-state index contributed by atoms with van der Waals surface area (Å²) < 4.78 is 30.8. The van der Waals surface area contributed by atoms with E-state index in [1.54, 1.807) is 0 Å². The summed E-state index contributed by atoms with van der Waals surface area (Å²) in [5.74, 6) is -2.17. The van der Waals surface area contributed by atoms with E-state index in [0.717, 1.165) is 12.1 Å². The number of carbonyl (C=O) groups is 1. The Morgan fingerprint density at radius 1 is 1.47 bits per heavy atom. The highest BCUT2D eigenvalue weighted by Gasteiger charge is 2.17. The molecular weight excluding hydrogens is 232 g/mol. The van der Waals surface area contributed by atoms with E-state index in [1.807, 2.05) is 0 Å². The maximum Gasteiger partial charge on any atom is 0.319 e. The minimum atomic E-state index is -1.36. The number of halogens is 2. The summed E-state index contributed by atoms with van der Waals surface area (Å²) in [5, 5.41) is 12.1. The van der Waals surface area contributed by atoms with Gasteiger partial charge in [-0.05, 0) is 12.1 Å². The maximum atomic E-state index is 13.2. The van der Waals surface area contributed by atoms with Crippen molar-refractivity contribution in [2.45, 2.75) is 6.10 Å². The summed E-state index contributed by atoms with van der Waals surface area (Å²) in [6.07, 6.45) is -1.36. The fraction of sp³-hybridized carbons (Fsp3) is 0.364. The second-order valence-corrected chi connectivity index (χ2v) is 3.36. The molecule has 1 unspecified atom stereocenters. The molecule has 0 saturated heterocycles. The zero-order valence-corrected chi connectivity index (χ0v) is 9.24. The van der Waals surface area contributed by atoms with E-state index in [-0.39, 0.29) is 13.1 Å². The summed E-state index contributed by atoms with van der Waals surface area (Å²) in [6.45, 7) is -0.281. The molecule has 1 aromatic rings. The van der Waals surface area contributed by atoms with Gasteiger partial charge in [0.05, 0.1) is 25.3 Å². The molecule has 2 N–H and O–H groups in total. The van der Waals surface area contributed by atoms with Crippen LogP contribution in [0.1, 0.15) is 11.7 Å². The van der Waals surface area contributed by atoms with E-state index in [1.165, 1.54) is 13.2 Å². The number of ether oxygens (including phenoxy) is 1. The molecule has 0 aliphatic heterocycles. The van der Waals surface area contributed by atoms with E-state index < -0.39 is 29.3 Å². The summed E-state index contributed by atoms with van der Waals surface area (Å²) in [4.78, 5) is 10.7. The Morgan fingerprint density at radius 2 is 2.06 bits per heavy atom. The molecule has 17 heavy (non-hydrogen) atoms. The van der Waals surface area contributed by atoms with Crippen molar-refractivity contribution in [2.75, 3.05) is 20.2 Å². The third-order valence-electron chi connectivity index (χ3n) is 2.17. The van der Waals surface area contributed by atoms with E-state index in [9.17, 15) is 18.7 Å². The second-order valence-electron chi connectivity index (χ2n) is 3.36. The summed E-state index contributed by atoms with van der Waals surface area (Å²) in [6, 6.07) is 3.33. The molecule has 0 radical (unpaired) electrons.